The molecular weight excluding hydrogens is 328 g/mol. The first-order valence-corrected chi connectivity index (χ1v) is 10.0. The number of carbonyl (C=O) groups is 2. The second kappa shape index (κ2) is 7.74. The van der Waals surface area contributed by atoms with E-state index in [4.69, 9.17) is 9.84 Å². The van der Waals surface area contributed by atoms with E-state index in [-0.39, 0.29) is 35.2 Å². The lowest BCUT2D eigenvalue weighted by Gasteiger charge is -2.60. The van der Waals surface area contributed by atoms with E-state index in [0.29, 0.717) is 11.8 Å². The van der Waals surface area contributed by atoms with Crippen molar-refractivity contribution >= 4 is 11.9 Å². The van der Waals surface area contributed by atoms with E-state index in [1.807, 2.05) is 6.92 Å². The Balaban J connectivity index is 2.17. The summed E-state index contributed by atoms with van der Waals surface area (Å²) < 4.78 is 5.68. The van der Waals surface area contributed by atoms with E-state index in [2.05, 4.69) is 27.4 Å². The number of fused-ring (bicyclic) bond motifs is 1. The highest BCUT2D eigenvalue weighted by Crippen LogP contribution is 2.62. The van der Waals surface area contributed by atoms with Crippen LogP contribution in [0.5, 0.6) is 0 Å². The van der Waals surface area contributed by atoms with E-state index in [1.165, 1.54) is 12.5 Å². The number of ether oxygens (including phenoxy) is 1. The molecule has 2 aliphatic rings. The van der Waals surface area contributed by atoms with Crippen LogP contribution in [-0.4, -0.2) is 23.1 Å². The van der Waals surface area contributed by atoms with Crippen molar-refractivity contribution in [1.82, 2.24) is 0 Å². The van der Waals surface area contributed by atoms with Gasteiger partial charge in [-0.3, -0.25) is 9.59 Å². The molecule has 4 heteroatoms. The fourth-order valence-electron chi connectivity index (χ4n) is 5.95. The third kappa shape index (κ3) is 4.15. The normalized spacial score (nSPS) is 34.7. The Morgan fingerprint density at radius 3 is 2.54 bits per heavy atom. The van der Waals surface area contributed by atoms with E-state index in [1.54, 1.807) is 0 Å². The van der Waals surface area contributed by atoms with Crippen LogP contribution in [0.25, 0.3) is 0 Å². The standard InChI is InChI=1S/C22H36O4/c1-14(13-20(24)25)7-9-17-15(2)8-10-18-21(4,5)19(26-16(3)23)11-12-22(17,18)6/h14,17-19H,2,7-13H2,1,3-6H3,(H,24,25). The first-order valence-electron chi connectivity index (χ1n) is 10.0. The summed E-state index contributed by atoms with van der Waals surface area (Å²) in [7, 11) is 0. The Labute approximate surface area is 158 Å². The van der Waals surface area contributed by atoms with Gasteiger partial charge in [0.15, 0.2) is 0 Å². The summed E-state index contributed by atoms with van der Waals surface area (Å²) in [6.07, 6.45) is 6.20. The Bertz CT molecular complexity index is 564. The SMILES string of the molecule is C=C1CCC2C(C)(C)C(OC(C)=O)CCC2(C)C1CCC(C)CC(=O)O. The molecule has 1 N–H and O–H groups in total. The number of carbonyl (C=O) groups excluding carboxylic acids is 1. The van der Waals surface area contributed by atoms with E-state index in [9.17, 15) is 9.59 Å². The van der Waals surface area contributed by atoms with Gasteiger partial charge >= 0.3 is 11.9 Å². The molecule has 0 spiro atoms. The number of rotatable bonds is 6. The van der Waals surface area contributed by atoms with Crippen LogP contribution in [0.4, 0.5) is 0 Å². The molecule has 0 heterocycles. The largest absolute Gasteiger partial charge is 0.481 e. The van der Waals surface area contributed by atoms with Crippen molar-refractivity contribution in [1.29, 1.82) is 0 Å². The number of allylic oxidation sites excluding steroid dienone is 1. The highest BCUT2D eigenvalue weighted by Gasteiger charge is 2.56. The molecule has 148 valence electrons. The molecule has 0 aliphatic heterocycles. The van der Waals surface area contributed by atoms with Crippen molar-refractivity contribution < 1.29 is 19.4 Å². The van der Waals surface area contributed by atoms with Crippen molar-refractivity contribution in [3.05, 3.63) is 12.2 Å². The van der Waals surface area contributed by atoms with Gasteiger partial charge in [-0.2, -0.15) is 0 Å². The van der Waals surface area contributed by atoms with Gasteiger partial charge < -0.3 is 9.84 Å². The minimum atomic E-state index is -0.716. The first-order chi connectivity index (χ1) is 12.0. The van der Waals surface area contributed by atoms with Crippen molar-refractivity contribution in [3.63, 3.8) is 0 Å². The number of carboxylic acid groups (broad SMARTS) is 1. The molecule has 2 fully saturated rings. The van der Waals surface area contributed by atoms with Gasteiger partial charge in [0.25, 0.3) is 0 Å². The maximum atomic E-state index is 11.5. The van der Waals surface area contributed by atoms with E-state index >= 15 is 0 Å². The number of hydrogen-bond acceptors (Lipinski definition) is 3. The molecule has 4 nitrogen and oxygen atoms in total. The third-order valence-electron chi connectivity index (χ3n) is 7.29. The van der Waals surface area contributed by atoms with Gasteiger partial charge in [0.1, 0.15) is 6.10 Å². The molecule has 2 aliphatic carbocycles. The minimum Gasteiger partial charge on any atom is -0.481 e. The summed E-state index contributed by atoms with van der Waals surface area (Å²) in [6, 6.07) is 0. The summed E-state index contributed by atoms with van der Waals surface area (Å²) >= 11 is 0. The average Bonchev–Trinajstić information content (AvgIpc) is 2.48. The lowest BCUT2D eigenvalue weighted by Crippen LogP contribution is -2.55. The van der Waals surface area contributed by atoms with Crippen LogP contribution in [0, 0.1) is 28.6 Å². The van der Waals surface area contributed by atoms with Crippen LogP contribution in [0.1, 0.15) is 79.6 Å². The molecule has 0 bridgehead atoms. The lowest BCUT2D eigenvalue weighted by atomic mass is 9.46. The van der Waals surface area contributed by atoms with Crippen LogP contribution >= 0.6 is 0 Å². The Hall–Kier alpha value is -1.32. The molecule has 5 atom stereocenters. The predicted octanol–water partition coefficient (Wildman–Crippen LogP) is 5.22. The fourth-order valence-corrected chi connectivity index (χ4v) is 5.95. The van der Waals surface area contributed by atoms with Gasteiger partial charge in [-0.05, 0) is 61.7 Å². The van der Waals surface area contributed by atoms with Gasteiger partial charge in [0.05, 0.1) is 0 Å². The average molecular weight is 365 g/mol. The molecule has 26 heavy (non-hydrogen) atoms. The number of hydrogen-bond donors (Lipinski definition) is 1. The monoisotopic (exact) mass is 364 g/mol. The zero-order valence-corrected chi connectivity index (χ0v) is 17.1. The quantitative estimate of drug-likeness (QED) is 0.518. The molecule has 0 aromatic heterocycles. The van der Waals surface area contributed by atoms with Crippen LogP contribution in [0.2, 0.25) is 0 Å². The Kier molecular flexibility index (Phi) is 6.24. The smallest absolute Gasteiger partial charge is 0.303 e. The molecular formula is C22H36O4. The maximum absolute atomic E-state index is 11.5. The summed E-state index contributed by atoms with van der Waals surface area (Å²) in [4.78, 5) is 22.5. The summed E-state index contributed by atoms with van der Waals surface area (Å²) in [6.45, 7) is 14.8. The van der Waals surface area contributed by atoms with Crippen LogP contribution < -0.4 is 0 Å². The van der Waals surface area contributed by atoms with Crippen LogP contribution in [-0.2, 0) is 14.3 Å². The summed E-state index contributed by atoms with van der Waals surface area (Å²) in [5.74, 6) is 0.195. The van der Waals surface area contributed by atoms with Crippen molar-refractivity contribution in [3.8, 4) is 0 Å². The topological polar surface area (TPSA) is 63.6 Å². The predicted molar refractivity (Wildman–Crippen MR) is 103 cm³/mol. The van der Waals surface area contributed by atoms with Gasteiger partial charge in [-0.15, -0.1) is 0 Å². The molecule has 0 aromatic rings. The van der Waals surface area contributed by atoms with Gasteiger partial charge in [0, 0.05) is 18.8 Å². The van der Waals surface area contributed by atoms with Gasteiger partial charge in [0.2, 0.25) is 0 Å². The van der Waals surface area contributed by atoms with Gasteiger partial charge in [-0.25, -0.2) is 0 Å². The highest BCUT2D eigenvalue weighted by molar-refractivity contribution is 5.67. The fraction of sp³-hybridized carbons (Fsp3) is 0.818. The van der Waals surface area contributed by atoms with Crippen molar-refractivity contribution in [2.24, 2.45) is 28.6 Å². The number of carboxylic acids is 1. The zero-order valence-electron chi connectivity index (χ0n) is 17.1. The lowest BCUT2D eigenvalue weighted by molar-refractivity contribution is -0.174. The maximum Gasteiger partial charge on any atom is 0.303 e. The molecule has 2 saturated carbocycles. The summed E-state index contributed by atoms with van der Waals surface area (Å²) in [5.41, 5.74) is 1.43. The molecule has 0 radical (unpaired) electrons. The highest BCUT2D eigenvalue weighted by atomic mass is 16.5. The first kappa shape index (κ1) is 21.0. The second-order valence-corrected chi connectivity index (χ2v) is 9.55. The van der Waals surface area contributed by atoms with E-state index in [0.717, 1.165) is 38.5 Å². The third-order valence-corrected chi connectivity index (χ3v) is 7.29. The molecule has 0 aromatic carbocycles. The Morgan fingerprint density at radius 1 is 1.31 bits per heavy atom. The number of aliphatic carboxylic acids is 1. The molecule has 0 saturated heterocycles. The minimum absolute atomic E-state index is 0.0176. The molecule has 2 rings (SSSR count). The van der Waals surface area contributed by atoms with E-state index < -0.39 is 5.97 Å². The number of esters is 1. The molecule has 0 amide bonds. The van der Waals surface area contributed by atoms with Crippen molar-refractivity contribution in [2.75, 3.05) is 0 Å². The summed E-state index contributed by atoms with van der Waals surface area (Å²) in [5, 5.41) is 9.02. The van der Waals surface area contributed by atoms with Gasteiger partial charge in [-0.1, -0.05) is 39.8 Å². The van der Waals surface area contributed by atoms with Crippen LogP contribution in [0.3, 0.4) is 0 Å². The van der Waals surface area contributed by atoms with Crippen molar-refractivity contribution in [2.45, 2.75) is 85.7 Å². The molecule has 5 unspecified atom stereocenters. The second-order valence-electron chi connectivity index (χ2n) is 9.55. The van der Waals surface area contributed by atoms with Crippen LogP contribution in [0.15, 0.2) is 12.2 Å². The Morgan fingerprint density at radius 2 is 1.96 bits per heavy atom. The zero-order chi connectivity index (χ0) is 19.7.